The van der Waals surface area contributed by atoms with Crippen molar-refractivity contribution < 1.29 is 9.21 Å². The van der Waals surface area contributed by atoms with Crippen LogP contribution >= 0.6 is 15.9 Å². The quantitative estimate of drug-likeness (QED) is 0.709. The van der Waals surface area contributed by atoms with Gasteiger partial charge in [-0.15, -0.1) is 0 Å². The van der Waals surface area contributed by atoms with Crippen molar-refractivity contribution >= 4 is 21.7 Å². The Hall–Kier alpha value is -0.610. The van der Waals surface area contributed by atoms with Crippen molar-refractivity contribution in [2.24, 2.45) is 0 Å². The molecule has 0 bridgehead atoms. The van der Waals surface area contributed by atoms with Gasteiger partial charge in [0.05, 0.1) is 16.3 Å². The molecule has 0 N–H and O–H groups in total. The van der Waals surface area contributed by atoms with Crippen molar-refractivity contribution in [3.8, 4) is 0 Å². The highest BCUT2D eigenvalue weighted by atomic mass is 79.9. The molecule has 0 aliphatic rings. The summed E-state index contributed by atoms with van der Waals surface area (Å²) in [5, 5.41) is 0. The molecule has 0 aromatic carbocycles. The number of nitrogens with zero attached hydrogens (tertiary/aromatic N) is 1. The van der Waals surface area contributed by atoms with Crippen LogP contribution in [-0.2, 0) is 0 Å². The number of Topliss-reactive ketones (excluding diaryl/α,β-unsaturated/α-hetero) is 1. The average molecular weight is 316 g/mol. The van der Waals surface area contributed by atoms with E-state index in [0.717, 1.165) is 30.4 Å². The topological polar surface area (TPSA) is 33.5 Å². The van der Waals surface area contributed by atoms with Crippen molar-refractivity contribution in [2.45, 2.75) is 46.1 Å². The van der Waals surface area contributed by atoms with Gasteiger partial charge >= 0.3 is 0 Å². The summed E-state index contributed by atoms with van der Waals surface area (Å²) >= 11 is 3.38. The molecular formula is C14H22BrNO2. The lowest BCUT2D eigenvalue weighted by atomic mass is 9.84. The van der Waals surface area contributed by atoms with E-state index >= 15 is 0 Å². The minimum absolute atomic E-state index is 0.0769. The molecule has 1 rings (SSSR count). The fourth-order valence-electron chi connectivity index (χ4n) is 2.66. The van der Waals surface area contributed by atoms with Crippen LogP contribution in [0.2, 0.25) is 0 Å². The first-order chi connectivity index (χ1) is 8.57. The number of carbonyl (C=O) groups excluding carboxylic acids is 1. The summed E-state index contributed by atoms with van der Waals surface area (Å²) in [5.41, 5.74) is -0.454. The maximum absolute atomic E-state index is 12.8. The van der Waals surface area contributed by atoms with Gasteiger partial charge in [0, 0.05) is 0 Å². The Morgan fingerprint density at radius 1 is 1.28 bits per heavy atom. The number of likely N-dealkylation sites (N-methyl/N-ethyl adjacent to an activating group) is 1. The lowest BCUT2D eigenvalue weighted by molar-refractivity contribution is 0.0505. The van der Waals surface area contributed by atoms with Gasteiger partial charge in [-0.05, 0) is 47.9 Å². The van der Waals surface area contributed by atoms with Crippen LogP contribution in [0.1, 0.15) is 51.1 Å². The molecule has 0 amide bonds. The Morgan fingerprint density at radius 3 is 2.17 bits per heavy atom. The third-order valence-electron chi connectivity index (χ3n) is 3.78. The van der Waals surface area contributed by atoms with Crippen molar-refractivity contribution in [1.82, 2.24) is 4.90 Å². The van der Waals surface area contributed by atoms with Crippen LogP contribution in [0.15, 0.2) is 21.2 Å². The molecule has 4 heteroatoms. The summed E-state index contributed by atoms with van der Waals surface area (Å²) in [4.78, 5) is 15.0. The van der Waals surface area contributed by atoms with E-state index in [1.54, 1.807) is 12.3 Å². The predicted octanol–water partition coefficient (Wildman–Crippen LogP) is 4.13. The van der Waals surface area contributed by atoms with Crippen LogP contribution in [0.25, 0.3) is 0 Å². The van der Waals surface area contributed by atoms with Gasteiger partial charge in [-0.3, -0.25) is 9.69 Å². The molecule has 18 heavy (non-hydrogen) atoms. The molecule has 0 aliphatic heterocycles. The maximum atomic E-state index is 12.8. The molecule has 1 aromatic heterocycles. The van der Waals surface area contributed by atoms with Crippen LogP contribution in [0.3, 0.4) is 0 Å². The third kappa shape index (κ3) is 2.54. The van der Waals surface area contributed by atoms with E-state index in [2.05, 4.69) is 48.5 Å². The smallest absolute Gasteiger partial charge is 0.219 e. The van der Waals surface area contributed by atoms with E-state index in [1.165, 1.54) is 0 Å². The van der Waals surface area contributed by atoms with Gasteiger partial charge < -0.3 is 4.42 Å². The van der Waals surface area contributed by atoms with Gasteiger partial charge in [0.25, 0.3) is 0 Å². The molecule has 0 saturated carbocycles. The van der Waals surface area contributed by atoms with Gasteiger partial charge in [-0.2, -0.15) is 0 Å². The Kier molecular flexibility index (Phi) is 5.60. The molecule has 102 valence electrons. The van der Waals surface area contributed by atoms with Crippen molar-refractivity contribution in [3.63, 3.8) is 0 Å². The number of furan rings is 1. The predicted molar refractivity (Wildman–Crippen MR) is 77.0 cm³/mol. The van der Waals surface area contributed by atoms with Crippen LogP contribution < -0.4 is 0 Å². The number of hydrogen-bond acceptors (Lipinski definition) is 3. The molecule has 1 aromatic rings. The summed E-state index contributed by atoms with van der Waals surface area (Å²) < 4.78 is 6.09. The fourth-order valence-corrected chi connectivity index (χ4v) is 3.04. The van der Waals surface area contributed by atoms with Crippen LogP contribution in [0.5, 0.6) is 0 Å². The average Bonchev–Trinajstić information content (AvgIpc) is 2.81. The molecule has 0 saturated heterocycles. The van der Waals surface area contributed by atoms with Crippen molar-refractivity contribution in [3.05, 3.63) is 22.6 Å². The normalized spacial score (nSPS) is 12.1. The first kappa shape index (κ1) is 15.4. The van der Waals surface area contributed by atoms with E-state index in [4.69, 9.17) is 4.42 Å². The molecule has 3 nitrogen and oxygen atoms in total. The molecule has 0 radical (unpaired) electrons. The minimum atomic E-state index is -0.454. The highest BCUT2D eigenvalue weighted by molar-refractivity contribution is 9.10. The second-order valence-electron chi connectivity index (χ2n) is 4.34. The zero-order valence-electron chi connectivity index (χ0n) is 11.6. The molecule has 1 heterocycles. The molecule has 0 spiro atoms. The Balaban J connectivity index is 3.20. The molecule has 0 atom stereocenters. The van der Waals surface area contributed by atoms with Gasteiger partial charge in [0.1, 0.15) is 0 Å². The van der Waals surface area contributed by atoms with E-state index in [1.807, 2.05) is 0 Å². The van der Waals surface area contributed by atoms with Gasteiger partial charge in [0.2, 0.25) is 5.78 Å². The number of hydrogen-bond donors (Lipinski definition) is 0. The summed E-state index contributed by atoms with van der Waals surface area (Å²) in [6, 6.07) is 1.77. The van der Waals surface area contributed by atoms with Crippen LogP contribution in [0.4, 0.5) is 0 Å². The summed E-state index contributed by atoms with van der Waals surface area (Å²) in [6.07, 6.45) is 3.13. The molecule has 0 unspecified atom stereocenters. The molecular weight excluding hydrogens is 294 g/mol. The van der Waals surface area contributed by atoms with E-state index in [-0.39, 0.29) is 5.78 Å². The number of rotatable bonds is 7. The van der Waals surface area contributed by atoms with Gasteiger partial charge in [-0.25, -0.2) is 0 Å². The number of ketones is 1. The summed E-state index contributed by atoms with van der Waals surface area (Å²) in [5.74, 6) is 0.513. The highest BCUT2D eigenvalue weighted by Crippen LogP contribution is 2.31. The highest BCUT2D eigenvalue weighted by Gasteiger charge is 2.41. The standard InChI is InChI=1S/C14H22BrNO2/c1-5-14(6-2,16(7-3)8-4)13(17)12-11(15)9-10-18-12/h9-10H,5-8H2,1-4H3. The maximum Gasteiger partial charge on any atom is 0.219 e. The van der Waals surface area contributed by atoms with Crippen molar-refractivity contribution in [2.75, 3.05) is 13.1 Å². The Morgan fingerprint density at radius 2 is 1.83 bits per heavy atom. The summed E-state index contributed by atoms with van der Waals surface area (Å²) in [7, 11) is 0. The zero-order chi connectivity index (χ0) is 13.8. The lowest BCUT2D eigenvalue weighted by Gasteiger charge is -2.40. The van der Waals surface area contributed by atoms with Crippen molar-refractivity contribution in [1.29, 1.82) is 0 Å². The zero-order valence-corrected chi connectivity index (χ0v) is 13.2. The Labute approximate surface area is 118 Å². The van der Waals surface area contributed by atoms with E-state index < -0.39 is 5.54 Å². The lowest BCUT2D eigenvalue weighted by Crippen LogP contribution is -2.53. The molecule has 0 aliphatic carbocycles. The summed E-state index contributed by atoms with van der Waals surface area (Å²) in [6.45, 7) is 10.0. The van der Waals surface area contributed by atoms with Gasteiger partial charge in [-0.1, -0.05) is 27.7 Å². The SMILES string of the molecule is CCN(CC)C(CC)(CC)C(=O)c1occc1Br. The number of halogens is 1. The largest absolute Gasteiger partial charge is 0.460 e. The number of carbonyl (C=O) groups is 1. The van der Waals surface area contributed by atoms with Crippen LogP contribution in [0, 0.1) is 0 Å². The third-order valence-corrected chi connectivity index (χ3v) is 4.41. The monoisotopic (exact) mass is 315 g/mol. The first-order valence-electron chi connectivity index (χ1n) is 6.60. The van der Waals surface area contributed by atoms with E-state index in [9.17, 15) is 4.79 Å². The first-order valence-corrected chi connectivity index (χ1v) is 7.39. The van der Waals surface area contributed by atoms with E-state index in [0.29, 0.717) is 5.76 Å². The van der Waals surface area contributed by atoms with Crippen LogP contribution in [-0.4, -0.2) is 29.3 Å². The van der Waals surface area contributed by atoms with Gasteiger partial charge in [0.15, 0.2) is 5.76 Å². The Bertz CT molecular complexity index is 392. The minimum Gasteiger partial charge on any atom is -0.460 e. The second-order valence-corrected chi connectivity index (χ2v) is 5.19. The molecule has 0 fully saturated rings. The second kappa shape index (κ2) is 6.53. The fraction of sp³-hybridized carbons (Fsp3) is 0.643.